The van der Waals surface area contributed by atoms with Crippen LogP contribution in [0.15, 0.2) is 85.2 Å². The minimum Gasteiger partial charge on any atom is -0.497 e. The van der Waals surface area contributed by atoms with Gasteiger partial charge in [0.25, 0.3) is 0 Å². The summed E-state index contributed by atoms with van der Waals surface area (Å²) in [4.78, 5) is 4.24. The van der Waals surface area contributed by atoms with Gasteiger partial charge in [-0.05, 0) is 35.4 Å². The van der Waals surface area contributed by atoms with Crippen molar-refractivity contribution in [3.63, 3.8) is 0 Å². The number of allylic oxidation sites excluding steroid dienone is 1. The fourth-order valence-corrected chi connectivity index (χ4v) is 4.17. The van der Waals surface area contributed by atoms with E-state index in [0.717, 1.165) is 34.7 Å². The number of pyridine rings is 1. The number of hydrogen-bond acceptors (Lipinski definition) is 3. The average molecular weight is 379 g/mol. The normalized spacial score (nSPS) is 17.7. The van der Waals surface area contributed by atoms with E-state index in [0.29, 0.717) is 0 Å². The Morgan fingerprint density at radius 1 is 0.931 bits per heavy atom. The van der Waals surface area contributed by atoms with Gasteiger partial charge in [-0.3, -0.25) is 10.1 Å². The number of ether oxygens (including phenoxy) is 1. The second-order valence-electron chi connectivity index (χ2n) is 7.28. The van der Waals surface area contributed by atoms with Crippen LogP contribution < -0.4 is 4.74 Å². The molecule has 1 atom stereocenters. The molecule has 29 heavy (non-hydrogen) atoms. The highest BCUT2D eigenvalue weighted by Crippen LogP contribution is 2.43. The van der Waals surface area contributed by atoms with Crippen molar-refractivity contribution in [3.8, 4) is 17.0 Å². The Morgan fingerprint density at radius 2 is 1.72 bits per heavy atom. The zero-order chi connectivity index (χ0) is 19.7. The van der Waals surface area contributed by atoms with E-state index < -0.39 is 0 Å². The first-order valence-corrected chi connectivity index (χ1v) is 9.67. The Balaban J connectivity index is 1.64. The lowest BCUT2D eigenvalue weighted by molar-refractivity contribution is 0.414. The topological polar surface area (TPSA) is 50.8 Å². The summed E-state index contributed by atoms with van der Waals surface area (Å²) < 4.78 is 5.36. The van der Waals surface area contributed by atoms with Crippen LogP contribution in [0.3, 0.4) is 0 Å². The van der Waals surface area contributed by atoms with Crippen LogP contribution in [0.25, 0.3) is 17.3 Å². The van der Waals surface area contributed by atoms with E-state index in [-0.39, 0.29) is 5.41 Å². The van der Waals surface area contributed by atoms with Crippen molar-refractivity contribution in [1.82, 2.24) is 15.2 Å². The predicted octanol–water partition coefficient (Wildman–Crippen LogP) is 5.04. The largest absolute Gasteiger partial charge is 0.497 e. The molecule has 1 aliphatic rings. The second-order valence-corrected chi connectivity index (χ2v) is 7.28. The molecule has 0 spiro atoms. The third kappa shape index (κ3) is 2.93. The molecule has 0 saturated carbocycles. The van der Waals surface area contributed by atoms with Crippen molar-refractivity contribution in [2.75, 3.05) is 7.11 Å². The quantitative estimate of drug-likeness (QED) is 0.541. The zero-order valence-electron chi connectivity index (χ0n) is 16.2. The van der Waals surface area contributed by atoms with Crippen LogP contribution in [0.5, 0.6) is 5.75 Å². The number of fused-ring (bicyclic) bond motifs is 1. The number of nitrogens with one attached hydrogen (secondary N) is 1. The van der Waals surface area contributed by atoms with Crippen molar-refractivity contribution < 1.29 is 4.74 Å². The molecule has 2 aromatic heterocycles. The molecular weight excluding hydrogens is 358 g/mol. The third-order valence-electron chi connectivity index (χ3n) is 5.70. The van der Waals surface area contributed by atoms with Crippen molar-refractivity contribution in [2.45, 2.75) is 11.8 Å². The van der Waals surface area contributed by atoms with Crippen LogP contribution in [0.1, 0.15) is 22.4 Å². The number of aromatic amines is 1. The van der Waals surface area contributed by atoms with Gasteiger partial charge in [0.1, 0.15) is 11.4 Å². The Kier molecular flexibility index (Phi) is 4.24. The summed E-state index contributed by atoms with van der Waals surface area (Å²) >= 11 is 0. The summed E-state index contributed by atoms with van der Waals surface area (Å²) in [6.45, 7) is 0. The number of hydrogen-bond donors (Lipinski definition) is 1. The SMILES string of the molecule is COc1ccc(C2(c3ccccc3)C=Cc3c(-c4cccnc4)n[nH]c3C2)cc1. The fraction of sp³-hybridized carbons (Fsp3) is 0.120. The number of rotatable bonds is 4. The molecule has 2 aromatic carbocycles. The Morgan fingerprint density at radius 3 is 2.45 bits per heavy atom. The molecule has 0 aliphatic heterocycles. The summed E-state index contributed by atoms with van der Waals surface area (Å²) in [6.07, 6.45) is 8.95. The summed E-state index contributed by atoms with van der Waals surface area (Å²) in [5, 5.41) is 7.90. The maximum atomic E-state index is 5.36. The van der Waals surface area contributed by atoms with Gasteiger partial charge >= 0.3 is 0 Å². The maximum Gasteiger partial charge on any atom is 0.118 e. The lowest BCUT2D eigenvalue weighted by atomic mass is 9.68. The van der Waals surface area contributed by atoms with E-state index in [9.17, 15) is 0 Å². The molecule has 4 aromatic rings. The smallest absolute Gasteiger partial charge is 0.118 e. The van der Waals surface area contributed by atoms with E-state index in [4.69, 9.17) is 4.74 Å². The molecule has 1 unspecified atom stereocenters. The first-order valence-electron chi connectivity index (χ1n) is 9.67. The molecule has 0 fully saturated rings. The molecule has 0 radical (unpaired) electrons. The number of nitrogens with zero attached hydrogens (tertiary/aromatic N) is 2. The molecule has 0 saturated heterocycles. The van der Waals surface area contributed by atoms with Crippen LogP contribution in [-0.2, 0) is 11.8 Å². The van der Waals surface area contributed by atoms with Gasteiger partial charge in [0.05, 0.1) is 7.11 Å². The van der Waals surface area contributed by atoms with Gasteiger partial charge in [0, 0.05) is 41.1 Å². The minimum atomic E-state index is -0.265. The summed E-state index contributed by atoms with van der Waals surface area (Å²) in [5.74, 6) is 0.859. The van der Waals surface area contributed by atoms with Crippen LogP contribution in [0.2, 0.25) is 0 Å². The van der Waals surface area contributed by atoms with Gasteiger partial charge in [-0.1, -0.05) is 54.6 Å². The molecule has 4 nitrogen and oxygen atoms in total. The van der Waals surface area contributed by atoms with Crippen LogP contribution in [0, 0.1) is 0 Å². The zero-order valence-corrected chi connectivity index (χ0v) is 16.2. The van der Waals surface area contributed by atoms with Crippen LogP contribution >= 0.6 is 0 Å². The molecule has 1 aliphatic carbocycles. The van der Waals surface area contributed by atoms with E-state index in [1.165, 1.54) is 11.1 Å². The Bertz CT molecular complexity index is 1150. The van der Waals surface area contributed by atoms with Crippen molar-refractivity contribution in [3.05, 3.63) is 108 Å². The van der Waals surface area contributed by atoms with Crippen molar-refractivity contribution in [2.24, 2.45) is 0 Å². The highest BCUT2D eigenvalue weighted by Gasteiger charge is 2.36. The number of aromatic nitrogens is 3. The predicted molar refractivity (Wildman–Crippen MR) is 115 cm³/mol. The Hall–Kier alpha value is -3.66. The monoisotopic (exact) mass is 379 g/mol. The molecular formula is C25H21N3O. The number of methoxy groups -OCH3 is 1. The van der Waals surface area contributed by atoms with E-state index >= 15 is 0 Å². The molecule has 2 heterocycles. The summed E-state index contributed by atoms with van der Waals surface area (Å²) in [5.41, 5.74) is 6.45. The lowest BCUT2D eigenvalue weighted by Gasteiger charge is -2.34. The van der Waals surface area contributed by atoms with Crippen LogP contribution in [-0.4, -0.2) is 22.3 Å². The van der Waals surface area contributed by atoms with Gasteiger partial charge in [0.15, 0.2) is 0 Å². The molecule has 0 amide bonds. The lowest BCUT2D eigenvalue weighted by Crippen LogP contribution is -2.30. The molecule has 4 heteroatoms. The molecule has 5 rings (SSSR count). The Labute approximate surface area is 169 Å². The van der Waals surface area contributed by atoms with Gasteiger partial charge < -0.3 is 4.74 Å². The summed E-state index contributed by atoms with van der Waals surface area (Å²) in [7, 11) is 1.69. The molecule has 1 N–H and O–H groups in total. The molecule has 0 bridgehead atoms. The third-order valence-corrected chi connectivity index (χ3v) is 5.70. The maximum absolute atomic E-state index is 5.36. The fourth-order valence-electron chi connectivity index (χ4n) is 4.17. The summed E-state index contributed by atoms with van der Waals surface area (Å²) in [6, 6.07) is 23.0. The highest BCUT2D eigenvalue weighted by molar-refractivity contribution is 5.76. The minimum absolute atomic E-state index is 0.265. The number of benzene rings is 2. The first kappa shape index (κ1) is 17.4. The van der Waals surface area contributed by atoms with E-state index in [1.54, 1.807) is 13.3 Å². The van der Waals surface area contributed by atoms with Gasteiger partial charge in [0.2, 0.25) is 0 Å². The molecule has 142 valence electrons. The number of H-pyrrole nitrogens is 1. The first-order chi connectivity index (χ1) is 14.3. The van der Waals surface area contributed by atoms with Gasteiger partial charge in [-0.15, -0.1) is 0 Å². The van der Waals surface area contributed by atoms with E-state index in [2.05, 4.69) is 69.8 Å². The van der Waals surface area contributed by atoms with Gasteiger partial charge in [-0.2, -0.15) is 5.10 Å². The van der Waals surface area contributed by atoms with Crippen molar-refractivity contribution in [1.29, 1.82) is 0 Å². The standard InChI is InChI=1S/C25H21N3O/c1-29-21-11-9-20(10-12-21)25(19-7-3-2-4-8-19)14-13-22-23(16-25)27-28-24(22)18-6-5-15-26-17-18/h2-15,17H,16H2,1H3,(H,27,28). The van der Waals surface area contributed by atoms with E-state index in [1.807, 2.05) is 30.5 Å². The average Bonchev–Trinajstić information content (AvgIpc) is 3.23. The highest BCUT2D eigenvalue weighted by atomic mass is 16.5. The van der Waals surface area contributed by atoms with Crippen LogP contribution in [0.4, 0.5) is 0 Å². The van der Waals surface area contributed by atoms with Crippen molar-refractivity contribution >= 4 is 6.08 Å². The van der Waals surface area contributed by atoms with Gasteiger partial charge in [-0.25, -0.2) is 0 Å². The second kappa shape index (κ2) is 7.06.